The summed E-state index contributed by atoms with van der Waals surface area (Å²) in [6.45, 7) is 1.55. The number of amides is 1. The van der Waals surface area contributed by atoms with Gasteiger partial charge in [-0.3, -0.25) is 15.1 Å². The van der Waals surface area contributed by atoms with Gasteiger partial charge in [0.25, 0.3) is 0 Å². The summed E-state index contributed by atoms with van der Waals surface area (Å²) >= 11 is 0. The monoisotopic (exact) mass is 243 g/mol. The molecule has 0 aliphatic carbocycles. The fourth-order valence-electron chi connectivity index (χ4n) is 2.33. The molecule has 1 aromatic rings. The number of nitrogens with zero attached hydrogens (tertiary/aromatic N) is 2. The first-order valence-corrected chi connectivity index (χ1v) is 6.16. The van der Waals surface area contributed by atoms with E-state index in [4.69, 9.17) is 6.42 Å². The lowest BCUT2D eigenvalue weighted by atomic mass is 10.1. The maximum Gasteiger partial charge on any atom is 0.237 e. The number of rotatable bonds is 4. The van der Waals surface area contributed by atoms with Gasteiger partial charge in [-0.25, -0.2) is 0 Å². The third-order valence-electron chi connectivity index (χ3n) is 3.15. The Morgan fingerprint density at radius 1 is 1.67 bits per heavy atom. The van der Waals surface area contributed by atoms with Crippen molar-refractivity contribution in [2.75, 3.05) is 19.6 Å². The second-order valence-corrected chi connectivity index (χ2v) is 4.34. The van der Waals surface area contributed by atoms with Gasteiger partial charge in [0.1, 0.15) is 0 Å². The largest absolute Gasteiger partial charge is 0.334 e. The van der Waals surface area contributed by atoms with Gasteiger partial charge in [0.15, 0.2) is 0 Å². The molecular formula is C14H17N3O. The molecule has 0 bridgehead atoms. The number of aromatic nitrogens is 1. The van der Waals surface area contributed by atoms with Gasteiger partial charge in [0.2, 0.25) is 5.91 Å². The molecule has 4 nitrogen and oxygen atoms in total. The van der Waals surface area contributed by atoms with Crippen LogP contribution < -0.4 is 5.32 Å². The van der Waals surface area contributed by atoms with Gasteiger partial charge < -0.3 is 4.90 Å². The Morgan fingerprint density at radius 2 is 2.56 bits per heavy atom. The molecule has 1 fully saturated rings. The first-order valence-electron chi connectivity index (χ1n) is 6.16. The van der Waals surface area contributed by atoms with Crippen molar-refractivity contribution in [3.8, 4) is 12.3 Å². The molecule has 1 atom stereocenters. The van der Waals surface area contributed by atoms with Crippen molar-refractivity contribution >= 4 is 5.91 Å². The minimum atomic E-state index is 0.108. The minimum absolute atomic E-state index is 0.108. The normalized spacial score (nSPS) is 18.6. The summed E-state index contributed by atoms with van der Waals surface area (Å²) in [5.41, 5.74) is 1.11. The molecule has 1 amide bonds. The highest BCUT2D eigenvalue weighted by Gasteiger charge is 2.29. The molecule has 1 aliphatic heterocycles. The number of carbonyl (C=O) groups excluding carboxylic acids is 1. The van der Waals surface area contributed by atoms with Crippen LogP contribution in [0.1, 0.15) is 24.4 Å². The molecule has 4 heteroatoms. The van der Waals surface area contributed by atoms with E-state index < -0.39 is 0 Å². The minimum Gasteiger partial charge on any atom is -0.334 e. The highest BCUT2D eigenvalue weighted by molar-refractivity contribution is 5.79. The van der Waals surface area contributed by atoms with Gasteiger partial charge in [-0.05, 0) is 24.5 Å². The van der Waals surface area contributed by atoms with E-state index in [1.807, 2.05) is 23.2 Å². The summed E-state index contributed by atoms with van der Waals surface area (Å²) in [5.74, 6) is 2.57. The molecular weight excluding hydrogens is 226 g/mol. The number of terminal acetylenes is 1. The number of likely N-dealkylation sites (tertiary alicyclic amines) is 1. The van der Waals surface area contributed by atoms with Gasteiger partial charge in [0.05, 0.1) is 19.1 Å². The Kier molecular flexibility index (Phi) is 4.32. The van der Waals surface area contributed by atoms with Gasteiger partial charge >= 0.3 is 0 Å². The molecule has 1 aromatic heterocycles. The van der Waals surface area contributed by atoms with E-state index in [0.29, 0.717) is 13.1 Å². The lowest BCUT2D eigenvalue weighted by Crippen LogP contribution is -2.37. The fraction of sp³-hybridized carbons (Fsp3) is 0.429. The van der Waals surface area contributed by atoms with Crippen LogP contribution in [0.4, 0.5) is 0 Å². The Hall–Kier alpha value is -1.86. The summed E-state index contributed by atoms with van der Waals surface area (Å²) in [4.78, 5) is 18.1. The molecule has 94 valence electrons. The van der Waals surface area contributed by atoms with Crippen molar-refractivity contribution < 1.29 is 4.79 Å². The first-order chi connectivity index (χ1) is 8.83. The molecule has 18 heavy (non-hydrogen) atoms. The summed E-state index contributed by atoms with van der Waals surface area (Å²) in [5, 5.41) is 2.94. The van der Waals surface area contributed by atoms with Crippen LogP contribution in [-0.4, -0.2) is 35.4 Å². The predicted octanol–water partition coefficient (Wildman–Crippen LogP) is 0.968. The van der Waals surface area contributed by atoms with E-state index in [9.17, 15) is 4.79 Å². The van der Waals surface area contributed by atoms with Gasteiger partial charge in [-0.1, -0.05) is 12.0 Å². The molecule has 0 aromatic carbocycles. The number of nitrogens with one attached hydrogen (secondary N) is 1. The average Bonchev–Trinajstić information content (AvgIpc) is 2.89. The second kappa shape index (κ2) is 6.18. The van der Waals surface area contributed by atoms with Crippen molar-refractivity contribution in [2.24, 2.45) is 0 Å². The number of carbonyl (C=O) groups is 1. The van der Waals surface area contributed by atoms with Crippen molar-refractivity contribution in [2.45, 2.75) is 18.9 Å². The quantitative estimate of drug-likeness (QED) is 0.633. The van der Waals surface area contributed by atoms with E-state index in [1.54, 1.807) is 6.20 Å². The van der Waals surface area contributed by atoms with Crippen LogP contribution in [0.3, 0.4) is 0 Å². The van der Waals surface area contributed by atoms with Crippen LogP contribution in [0.15, 0.2) is 24.5 Å². The first kappa shape index (κ1) is 12.6. The topological polar surface area (TPSA) is 45.2 Å². The molecule has 1 saturated heterocycles. The van der Waals surface area contributed by atoms with Crippen LogP contribution in [0.2, 0.25) is 0 Å². The lowest BCUT2D eigenvalue weighted by Gasteiger charge is -2.24. The molecule has 1 unspecified atom stereocenters. The smallest absolute Gasteiger partial charge is 0.237 e. The predicted molar refractivity (Wildman–Crippen MR) is 69.6 cm³/mol. The summed E-state index contributed by atoms with van der Waals surface area (Å²) < 4.78 is 0. The fourth-order valence-corrected chi connectivity index (χ4v) is 2.33. The van der Waals surface area contributed by atoms with E-state index in [-0.39, 0.29) is 11.9 Å². The number of hydrogen-bond donors (Lipinski definition) is 1. The molecule has 2 heterocycles. The number of hydrogen-bond acceptors (Lipinski definition) is 3. The van der Waals surface area contributed by atoms with Gasteiger partial charge in [0, 0.05) is 18.9 Å². The highest BCUT2D eigenvalue weighted by Crippen LogP contribution is 2.31. The van der Waals surface area contributed by atoms with Crippen molar-refractivity contribution in [1.29, 1.82) is 0 Å². The molecule has 2 rings (SSSR count). The Bertz CT molecular complexity index is 438. The average molecular weight is 243 g/mol. The van der Waals surface area contributed by atoms with E-state index >= 15 is 0 Å². The zero-order chi connectivity index (χ0) is 12.8. The number of pyridine rings is 1. The molecule has 0 radical (unpaired) electrons. The highest BCUT2D eigenvalue weighted by atomic mass is 16.2. The second-order valence-electron chi connectivity index (χ2n) is 4.34. The lowest BCUT2D eigenvalue weighted by molar-refractivity contribution is -0.131. The maximum absolute atomic E-state index is 12.1. The zero-order valence-corrected chi connectivity index (χ0v) is 10.3. The van der Waals surface area contributed by atoms with E-state index in [2.05, 4.69) is 16.2 Å². The van der Waals surface area contributed by atoms with Crippen LogP contribution in [0.5, 0.6) is 0 Å². The Morgan fingerprint density at radius 3 is 3.28 bits per heavy atom. The van der Waals surface area contributed by atoms with Crippen molar-refractivity contribution in [3.05, 3.63) is 30.1 Å². The molecule has 1 N–H and O–H groups in total. The van der Waals surface area contributed by atoms with Crippen LogP contribution in [0.25, 0.3) is 0 Å². The van der Waals surface area contributed by atoms with Crippen LogP contribution in [-0.2, 0) is 4.79 Å². The SMILES string of the molecule is C#CCNCC(=O)N1CCCC1c1cccnc1. The van der Waals surface area contributed by atoms with E-state index in [0.717, 1.165) is 24.9 Å². The molecule has 0 saturated carbocycles. The van der Waals surface area contributed by atoms with Gasteiger partial charge in [-0.2, -0.15) is 0 Å². The summed E-state index contributed by atoms with van der Waals surface area (Å²) in [6, 6.07) is 4.10. The van der Waals surface area contributed by atoms with Crippen LogP contribution in [0, 0.1) is 12.3 Å². The third kappa shape index (κ3) is 2.88. The Labute approximate surface area is 107 Å². The summed E-state index contributed by atoms with van der Waals surface area (Å²) in [6.07, 6.45) is 10.8. The van der Waals surface area contributed by atoms with Crippen molar-refractivity contribution in [1.82, 2.24) is 15.2 Å². The van der Waals surface area contributed by atoms with Crippen LogP contribution >= 0.6 is 0 Å². The third-order valence-corrected chi connectivity index (χ3v) is 3.15. The maximum atomic E-state index is 12.1. The standard InChI is InChI=1S/C14H17N3O/c1-2-7-15-11-14(18)17-9-4-6-13(17)12-5-3-8-16-10-12/h1,3,5,8,10,13,15H,4,6-7,9,11H2. The Balaban J connectivity index is 2.00. The van der Waals surface area contributed by atoms with Crippen molar-refractivity contribution in [3.63, 3.8) is 0 Å². The summed E-state index contributed by atoms with van der Waals surface area (Å²) in [7, 11) is 0. The van der Waals surface area contributed by atoms with E-state index in [1.165, 1.54) is 0 Å². The molecule has 0 spiro atoms. The van der Waals surface area contributed by atoms with Gasteiger partial charge in [-0.15, -0.1) is 6.42 Å². The zero-order valence-electron chi connectivity index (χ0n) is 10.3. The molecule has 1 aliphatic rings.